The van der Waals surface area contributed by atoms with Gasteiger partial charge in [-0.3, -0.25) is 14.6 Å². The van der Waals surface area contributed by atoms with Crippen LogP contribution in [0.3, 0.4) is 0 Å². The van der Waals surface area contributed by atoms with Gasteiger partial charge >= 0.3 is 0 Å². The van der Waals surface area contributed by atoms with Crippen LogP contribution in [-0.4, -0.2) is 68.4 Å². The van der Waals surface area contributed by atoms with E-state index >= 15 is 0 Å². The third-order valence-electron chi connectivity index (χ3n) is 8.34. The lowest BCUT2D eigenvalue weighted by Crippen LogP contribution is -2.68. The van der Waals surface area contributed by atoms with Crippen LogP contribution in [0.2, 0.25) is 0 Å². The van der Waals surface area contributed by atoms with Crippen LogP contribution in [-0.2, 0) is 4.79 Å². The Balaban J connectivity index is 1.99. The lowest BCUT2D eigenvalue weighted by molar-refractivity contribution is -0.138. The highest BCUT2D eigenvalue weighted by atomic mass is 16.1. The van der Waals surface area contributed by atoms with Crippen molar-refractivity contribution in [2.24, 2.45) is 0 Å². The van der Waals surface area contributed by atoms with Crippen molar-refractivity contribution in [3.05, 3.63) is 0 Å². The molecule has 0 aromatic heterocycles. The minimum absolute atomic E-state index is 0.125. The van der Waals surface area contributed by atoms with E-state index in [1.807, 2.05) is 0 Å². The van der Waals surface area contributed by atoms with E-state index < -0.39 is 0 Å². The molecule has 6 heterocycles. The molecule has 6 saturated heterocycles. The molecule has 1 amide bonds. The molecule has 0 spiro atoms. The van der Waals surface area contributed by atoms with Crippen LogP contribution in [0.4, 0.5) is 0 Å². The lowest BCUT2D eigenvalue weighted by atomic mass is 9.73. The minimum Gasteiger partial charge on any atom is -0.339 e. The van der Waals surface area contributed by atoms with Crippen LogP contribution in [0, 0.1) is 0 Å². The highest BCUT2D eigenvalue weighted by Gasteiger charge is 2.51. The fourth-order valence-electron chi connectivity index (χ4n) is 7.53. The van der Waals surface area contributed by atoms with E-state index in [0.717, 1.165) is 25.7 Å². The third-order valence-corrected chi connectivity index (χ3v) is 8.34. The highest BCUT2D eigenvalue weighted by molar-refractivity contribution is 5.49. The zero-order chi connectivity index (χ0) is 21.7. The molecule has 0 atom stereocenters. The predicted molar refractivity (Wildman–Crippen MR) is 122 cm³/mol. The summed E-state index contributed by atoms with van der Waals surface area (Å²) in [5, 5.41) is 0. The molecule has 6 rings (SSSR count). The summed E-state index contributed by atoms with van der Waals surface area (Å²) in [6, 6.07) is 0.670. The van der Waals surface area contributed by atoms with Gasteiger partial charge in [-0.1, -0.05) is 12.8 Å². The van der Waals surface area contributed by atoms with Gasteiger partial charge in [0.15, 0.2) is 0 Å². The molecule has 0 radical (unpaired) electrons. The first kappa shape index (κ1) is 23.1. The van der Waals surface area contributed by atoms with Crippen molar-refractivity contribution < 1.29 is 4.79 Å². The minimum atomic E-state index is 0.125. The number of hydrogen-bond donors (Lipinski definition) is 0. The number of carbonyl (C=O) groups excluding carboxylic acids is 1. The maximum absolute atomic E-state index is 12.5. The fraction of sp³-hybridized carbons (Fsp3) is 0.960. The van der Waals surface area contributed by atoms with Gasteiger partial charge in [0.2, 0.25) is 6.41 Å². The molecule has 6 aliphatic rings. The van der Waals surface area contributed by atoms with Crippen LogP contribution in [0.25, 0.3) is 0 Å². The van der Waals surface area contributed by atoms with Crippen molar-refractivity contribution in [2.75, 3.05) is 13.1 Å². The average Bonchev–Trinajstić information content (AvgIpc) is 2.53. The molecule has 0 saturated carbocycles. The monoisotopic (exact) mass is 405 g/mol. The van der Waals surface area contributed by atoms with E-state index in [1.165, 1.54) is 45.2 Å². The number of rotatable bonds is 1. The van der Waals surface area contributed by atoms with Gasteiger partial charge < -0.3 is 4.90 Å². The second-order valence-electron chi connectivity index (χ2n) is 12.6. The molecular weight excluding hydrogens is 358 g/mol. The van der Waals surface area contributed by atoms with Gasteiger partial charge in [0, 0.05) is 34.2 Å². The summed E-state index contributed by atoms with van der Waals surface area (Å²) in [6.45, 7) is 21.6. The van der Waals surface area contributed by atoms with Gasteiger partial charge in [0.05, 0.1) is 0 Å². The van der Waals surface area contributed by atoms with Crippen LogP contribution in [0.1, 0.15) is 107 Å². The summed E-state index contributed by atoms with van der Waals surface area (Å²) < 4.78 is 0. The molecule has 6 aliphatic heterocycles. The Bertz CT molecular complexity index is 511. The molecule has 4 heteroatoms. The smallest absolute Gasteiger partial charge is 0.210 e. The summed E-state index contributed by atoms with van der Waals surface area (Å²) in [5.74, 6) is 0. The Kier molecular flexibility index (Phi) is 6.22. The number of nitrogens with zero attached hydrogens (tertiary/aromatic N) is 3. The number of hydrogen-bond acceptors (Lipinski definition) is 3. The standard InChI is InChI=1S/C25H47N3O/c1-22(2)15-20-16-23(3,4)27(22)13-11-9-10-12-14-28-24(5,6)17-21(26(20)19-29)18-25(28,7)8/h19-21H,9-18H2,1-8H3. The van der Waals surface area contributed by atoms with Gasteiger partial charge in [0.25, 0.3) is 0 Å². The van der Waals surface area contributed by atoms with Crippen molar-refractivity contribution >= 4 is 6.41 Å². The van der Waals surface area contributed by atoms with E-state index in [1.54, 1.807) is 0 Å². The molecular formula is C25H47N3O. The quantitative estimate of drug-likeness (QED) is 0.570. The van der Waals surface area contributed by atoms with E-state index in [4.69, 9.17) is 0 Å². The molecule has 168 valence electrons. The van der Waals surface area contributed by atoms with Gasteiger partial charge in [-0.2, -0.15) is 0 Å². The summed E-state index contributed by atoms with van der Waals surface area (Å²) in [7, 11) is 0. The summed E-state index contributed by atoms with van der Waals surface area (Å²) >= 11 is 0. The molecule has 0 aromatic rings. The normalized spacial score (nSPS) is 38.8. The Morgan fingerprint density at radius 1 is 0.586 bits per heavy atom. The predicted octanol–water partition coefficient (Wildman–Crippen LogP) is 5.06. The second kappa shape index (κ2) is 7.82. The molecule has 4 bridgehead atoms. The van der Waals surface area contributed by atoms with Crippen LogP contribution >= 0.6 is 0 Å². The molecule has 6 fully saturated rings. The van der Waals surface area contributed by atoms with Crippen molar-refractivity contribution in [2.45, 2.75) is 141 Å². The molecule has 0 N–H and O–H groups in total. The van der Waals surface area contributed by atoms with Gasteiger partial charge in [-0.05, 0) is 107 Å². The number of amides is 1. The van der Waals surface area contributed by atoms with E-state index in [2.05, 4.69) is 70.1 Å². The zero-order valence-corrected chi connectivity index (χ0v) is 20.6. The fourth-order valence-corrected chi connectivity index (χ4v) is 7.53. The molecule has 0 aliphatic carbocycles. The van der Waals surface area contributed by atoms with Gasteiger partial charge in [-0.15, -0.1) is 0 Å². The van der Waals surface area contributed by atoms with Crippen molar-refractivity contribution in [3.8, 4) is 0 Å². The SMILES string of the molecule is CC1(C)CC2CC(C)(C)N1CCCCCCN1C(C)(C)CC(CC1(C)C)N2C=O. The van der Waals surface area contributed by atoms with Crippen molar-refractivity contribution in [1.29, 1.82) is 0 Å². The van der Waals surface area contributed by atoms with Gasteiger partial charge in [-0.25, -0.2) is 0 Å². The summed E-state index contributed by atoms with van der Waals surface area (Å²) in [6.07, 6.45) is 10.7. The van der Waals surface area contributed by atoms with Crippen LogP contribution in [0.15, 0.2) is 0 Å². The molecule has 0 unspecified atom stereocenters. The first-order valence-electron chi connectivity index (χ1n) is 12.1. The highest BCUT2D eigenvalue weighted by Crippen LogP contribution is 2.45. The largest absolute Gasteiger partial charge is 0.339 e. The Hall–Kier alpha value is -0.610. The van der Waals surface area contributed by atoms with Crippen molar-refractivity contribution in [1.82, 2.24) is 14.7 Å². The average molecular weight is 406 g/mol. The first-order chi connectivity index (χ1) is 13.3. The summed E-state index contributed by atoms with van der Waals surface area (Å²) in [5.41, 5.74) is 0.498. The molecule has 4 nitrogen and oxygen atoms in total. The second-order valence-corrected chi connectivity index (χ2v) is 12.6. The van der Waals surface area contributed by atoms with E-state index in [-0.39, 0.29) is 22.2 Å². The molecule has 29 heavy (non-hydrogen) atoms. The number of carbonyl (C=O) groups is 1. The Morgan fingerprint density at radius 2 is 0.897 bits per heavy atom. The topological polar surface area (TPSA) is 26.8 Å². The zero-order valence-electron chi connectivity index (χ0n) is 20.6. The van der Waals surface area contributed by atoms with Crippen LogP contribution in [0.5, 0.6) is 0 Å². The summed E-state index contributed by atoms with van der Waals surface area (Å²) in [4.78, 5) is 20.2. The maximum Gasteiger partial charge on any atom is 0.210 e. The van der Waals surface area contributed by atoms with E-state index in [0.29, 0.717) is 12.1 Å². The lowest BCUT2D eigenvalue weighted by Gasteiger charge is -2.60. The van der Waals surface area contributed by atoms with Crippen molar-refractivity contribution in [3.63, 3.8) is 0 Å². The molecule has 0 aromatic carbocycles. The Morgan fingerprint density at radius 3 is 1.17 bits per heavy atom. The third kappa shape index (κ3) is 4.54. The van der Waals surface area contributed by atoms with Crippen LogP contribution < -0.4 is 0 Å². The maximum atomic E-state index is 12.5. The number of piperidine rings is 2. The first-order valence-corrected chi connectivity index (χ1v) is 12.1. The Labute approximate surface area is 180 Å². The van der Waals surface area contributed by atoms with Gasteiger partial charge in [0.1, 0.15) is 0 Å². The van der Waals surface area contributed by atoms with E-state index in [9.17, 15) is 4.79 Å².